The van der Waals surface area contributed by atoms with Gasteiger partial charge in [-0.3, -0.25) is 9.59 Å². The van der Waals surface area contributed by atoms with Crippen LogP contribution in [0.1, 0.15) is 58.3 Å². The zero-order chi connectivity index (χ0) is 14.3. The molecular formula is C16H27NO2. The van der Waals surface area contributed by atoms with E-state index < -0.39 is 0 Å². The third-order valence-corrected chi connectivity index (χ3v) is 2.88. The maximum atomic E-state index is 10.3. The highest BCUT2D eigenvalue weighted by Gasteiger charge is 1.97. The lowest BCUT2D eigenvalue weighted by Gasteiger charge is -1.99. The maximum Gasteiger partial charge on any atom is 0.178 e. The van der Waals surface area contributed by atoms with Gasteiger partial charge in [-0.05, 0) is 37.3 Å². The third kappa shape index (κ3) is 13.0. The highest BCUT2D eigenvalue weighted by Crippen LogP contribution is 2.07. The normalized spacial score (nSPS) is 13.4. The molecule has 0 aromatic rings. The highest BCUT2D eigenvalue weighted by molar-refractivity contribution is 6.14. The average molecular weight is 265 g/mol. The molecule has 3 nitrogen and oxygen atoms in total. The molecule has 1 rings (SSSR count). The lowest BCUT2D eigenvalue weighted by molar-refractivity contribution is -0.113. The van der Waals surface area contributed by atoms with Gasteiger partial charge in [-0.1, -0.05) is 51.9 Å². The summed E-state index contributed by atoms with van der Waals surface area (Å²) in [6.07, 6.45) is 16.0. The molecule has 0 unspecified atom stereocenters. The van der Waals surface area contributed by atoms with E-state index in [1.807, 2.05) is 0 Å². The fraction of sp³-hybridized carbons (Fsp3) is 0.625. The van der Waals surface area contributed by atoms with Crippen molar-refractivity contribution in [2.24, 2.45) is 5.73 Å². The van der Waals surface area contributed by atoms with Gasteiger partial charge in [-0.25, -0.2) is 0 Å². The quantitative estimate of drug-likeness (QED) is 0.541. The van der Waals surface area contributed by atoms with E-state index in [2.05, 4.69) is 6.92 Å². The molecule has 0 saturated carbocycles. The number of nitrogens with two attached hydrogens (primary N) is 1. The molecule has 0 heterocycles. The molecule has 2 N–H and O–H groups in total. The van der Waals surface area contributed by atoms with Crippen LogP contribution < -0.4 is 5.73 Å². The van der Waals surface area contributed by atoms with Gasteiger partial charge in [0.2, 0.25) is 0 Å². The zero-order valence-electron chi connectivity index (χ0n) is 12.1. The molecule has 0 aromatic carbocycles. The first-order valence-corrected chi connectivity index (χ1v) is 7.34. The van der Waals surface area contributed by atoms with E-state index in [-0.39, 0.29) is 11.6 Å². The molecule has 108 valence electrons. The van der Waals surface area contributed by atoms with E-state index in [9.17, 15) is 9.59 Å². The molecule has 1 aliphatic carbocycles. The number of ketones is 2. The Balaban J connectivity index is 0.000000356. The second-order valence-corrected chi connectivity index (χ2v) is 4.73. The Bertz CT molecular complexity index is 260. The van der Waals surface area contributed by atoms with E-state index in [0.717, 1.165) is 6.54 Å². The molecule has 0 fully saturated rings. The minimum absolute atomic E-state index is 0.121. The van der Waals surface area contributed by atoms with Gasteiger partial charge in [-0.2, -0.15) is 0 Å². The molecule has 0 amide bonds. The summed E-state index contributed by atoms with van der Waals surface area (Å²) in [5.74, 6) is -0.241. The Kier molecular flexibility index (Phi) is 12.4. The van der Waals surface area contributed by atoms with Crippen molar-refractivity contribution in [3.63, 3.8) is 0 Å². The first-order valence-electron chi connectivity index (χ1n) is 7.34. The summed E-state index contributed by atoms with van der Waals surface area (Å²) in [5.41, 5.74) is 5.39. The van der Waals surface area contributed by atoms with Gasteiger partial charge >= 0.3 is 0 Å². The van der Waals surface area contributed by atoms with E-state index >= 15 is 0 Å². The van der Waals surface area contributed by atoms with Crippen LogP contribution in [-0.2, 0) is 9.59 Å². The van der Waals surface area contributed by atoms with Crippen molar-refractivity contribution in [2.45, 2.75) is 58.3 Å². The molecule has 0 bridgehead atoms. The molecule has 0 atom stereocenters. The Morgan fingerprint density at radius 3 is 1.47 bits per heavy atom. The van der Waals surface area contributed by atoms with Crippen LogP contribution in [0.5, 0.6) is 0 Å². The minimum atomic E-state index is -0.121. The molecule has 0 spiro atoms. The molecule has 0 aromatic heterocycles. The van der Waals surface area contributed by atoms with E-state index in [0.29, 0.717) is 0 Å². The molecular weight excluding hydrogens is 238 g/mol. The van der Waals surface area contributed by atoms with E-state index in [4.69, 9.17) is 5.73 Å². The Morgan fingerprint density at radius 2 is 1.11 bits per heavy atom. The van der Waals surface area contributed by atoms with Crippen molar-refractivity contribution in [1.82, 2.24) is 0 Å². The van der Waals surface area contributed by atoms with Crippen LogP contribution in [-0.4, -0.2) is 18.1 Å². The number of hydrogen-bond acceptors (Lipinski definition) is 3. The zero-order valence-corrected chi connectivity index (χ0v) is 12.1. The summed E-state index contributed by atoms with van der Waals surface area (Å²) in [6, 6.07) is 0. The lowest BCUT2D eigenvalue weighted by atomic mass is 10.1. The standard InChI is InChI=1S/C10H23N.C6H4O2/c1-2-3-4-5-6-7-8-9-10-11;7-5-1-2-6(8)4-3-5/h2-11H2,1H3;1-4H. The highest BCUT2D eigenvalue weighted by atomic mass is 16.1. The SMILES string of the molecule is CCCCCCCCCCN.O=C1C=CC(=O)C=C1. The fourth-order valence-electron chi connectivity index (χ4n) is 1.72. The summed E-state index contributed by atoms with van der Waals surface area (Å²) in [5, 5.41) is 0. The Morgan fingerprint density at radius 1 is 0.737 bits per heavy atom. The number of hydrogen-bond donors (Lipinski definition) is 1. The number of carbonyl (C=O) groups excluding carboxylic acids is 2. The molecule has 19 heavy (non-hydrogen) atoms. The minimum Gasteiger partial charge on any atom is -0.330 e. The number of carbonyl (C=O) groups is 2. The van der Waals surface area contributed by atoms with Gasteiger partial charge in [0.05, 0.1) is 0 Å². The smallest absolute Gasteiger partial charge is 0.178 e. The van der Waals surface area contributed by atoms with Crippen molar-refractivity contribution >= 4 is 11.6 Å². The van der Waals surface area contributed by atoms with Crippen LogP contribution in [0.2, 0.25) is 0 Å². The molecule has 3 heteroatoms. The number of allylic oxidation sites excluding steroid dienone is 4. The van der Waals surface area contributed by atoms with Crippen molar-refractivity contribution in [3.05, 3.63) is 24.3 Å². The van der Waals surface area contributed by atoms with Gasteiger partial charge in [0, 0.05) is 0 Å². The van der Waals surface area contributed by atoms with Crippen LogP contribution in [0.25, 0.3) is 0 Å². The van der Waals surface area contributed by atoms with Crippen LogP contribution in [0, 0.1) is 0 Å². The summed E-state index contributed by atoms with van der Waals surface area (Å²) >= 11 is 0. The summed E-state index contributed by atoms with van der Waals surface area (Å²) < 4.78 is 0. The van der Waals surface area contributed by atoms with Crippen molar-refractivity contribution < 1.29 is 9.59 Å². The molecule has 0 aliphatic heterocycles. The Hall–Kier alpha value is -1.22. The summed E-state index contributed by atoms with van der Waals surface area (Å²) in [6.45, 7) is 3.13. The van der Waals surface area contributed by atoms with Gasteiger partial charge in [0.15, 0.2) is 11.6 Å². The van der Waals surface area contributed by atoms with Gasteiger partial charge in [-0.15, -0.1) is 0 Å². The van der Waals surface area contributed by atoms with Crippen LogP contribution >= 0.6 is 0 Å². The van der Waals surface area contributed by atoms with Gasteiger partial charge in [0.1, 0.15) is 0 Å². The molecule has 0 radical (unpaired) electrons. The first kappa shape index (κ1) is 17.8. The Labute approximate surface area is 116 Å². The van der Waals surface area contributed by atoms with Crippen molar-refractivity contribution in [3.8, 4) is 0 Å². The third-order valence-electron chi connectivity index (χ3n) is 2.88. The van der Waals surface area contributed by atoms with Crippen LogP contribution in [0.15, 0.2) is 24.3 Å². The van der Waals surface area contributed by atoms with E-state index in [1.54, 1.807) is 0 Å². The van der Waals surface area contributed by atoms with Crippen molar-refractivity contribution in [2.75, 3.05) is 6.54 Å². The molecule has 0 saturated heterocycles. The van der Waals surface area contributed by atoms with Crippen molar-refractivity contribution in [1.29, 1.82) is 0 Å². The predicted octanol–water partition coefficient (Wildman–Crippen LogP) is 3.34. The maximum absolute atomic E-state index is 10.3. The van der Waals surface area contributed by atoms with E-state index in [1.165, 1.54) is 75.7 Å². The van der Waals surface area contributed by atoms with Crippen LogP contribution in [0.3, 0.4) is 0 Å². The first-order chi connectivity index (χ1) is 9.20. The summed E-state index contributed by atoms with van der Waals surface area (Å²) in [7, 11) is 0. The van der Waals surface area contributed by atoms with Gasteiger partial charge < -0.3 is 5.73 Å². The topological polar surface area (TPSA) is 60.2 Å². The number of unbranched alkanes of at least 4 members (excludes halogenated alkanes) is 7. The second kappa shape index (κ2) is 13.2. The van der Waals surface area contributed by atoms with Gasteiger partial charge in [0.25, 0.3) is 0 Å². The number of rotatable bonds is 8. The average Bonchev–Trinajstić information content (AvgIpc) is 2.42. The molecule has 1 aliphatic rings. The fourth-order valence-corrected chi connectivity index (χ4v) is 1.72. The lowest BCUT2D eigenvalue weighted by Crippen LogP contribution is -1.97. The monoisotopic (exact) mass is 265 g/mol. The predicted molar refractivity (Wildman–Crippen MR) is 80.0 cm³/mol. The summed E-state index contributed by atoms with van der Waals surface area (Å²) in [4.78, 5) is 20.6. The second-order valence-electron chi connectivity index (χ2n) is 4.73. The largest absolute Gasteiger partial charge is 0.330 e. The van der Waals surface area contributed by atoms with Crippen LogP contribution in [0.4, 0.5) is 0 Å².